The molecule has 0 fully saturated rings. The van der Waals surface area contributed by atoms with Crippen LogP contribution in [-0.2, 0) is 16.1 Å². The molecule has 0 bridgehead atoms. The lowest BCUT2D eigenvalue weighted by atomic mass is 10.1. The van der Waals surface area contributed by atoms with Crippen molar-refractivity contribution in [3.8, 4) is 5.75 Å². The maximum absolute atomic E-state index is 12.1. The molecule has 1 N–H and O–H groups in total. The molecule has 0 aliphatic heterocycles. The first-order valence-corrected chi connectivity index (χ1v) is 9.22. The number of hydrogen-bond donors (Lipinski definition) is 1. The van der Waals surface area contributed by atoms with Gasteiger partial charge in [-0.05, 0) is 50.6 Å². The first kappa shape index (κ1) is 20.5. The van der Waals surface area contributed by atoms with E-state index < -0.39 is 0 Å². The zero-order valence-corrected chi connectivity index (χ0v) is 16.5. The maximum atomic E-state index is 12.1. The summed E-state index contributed by atoms with van der Waals surface area (Å²) in [7, 11) is 0. The van der Waals surface area contributed by atoms with Crippen LogP contribution in [0.4, 0.5) is 5.69 Å². The lowest BCUT2D eigenvalue weighted by Gasteiger charge is -2.21. The van der Waals surface area contributed by atoms with Crippen molar-refractivity contribution in [2.75, 3.05) is 11.4 Å². The number of nitrogens with one attached hydrogen (secondary N) is 1. The molecule has 0 saturated heterocycles. The van der Waals surface area contributed by atoms with Gasteiger partial charge in [0.05, 0.1) is 6.10 Å². The zero-order valence-electron chi connectivity index (χ0n) is 16.5. The lowest BCUT2D eigenvalue weighted by Crippen LogP contribution is -2.33. The van der Waals surface area contributed by atoms with E-state index in [1.54, 1.807) is 4.90 Å². The van der Waals surface area contributed by atoms with Gasteiger partial charge in [-0.3, -0.25) is 9.59 Å². The number of aryl methyl sites for hydroxylation is 1. The second kappa shape index (κ2) is 9.76. The second-order valence-corrected chi connectivity index (χ2v) is 6.84. The normalized spacial score (nSPS) is 10.6. The molecule has 0 radical (unpaired) electrons. The number of hydrogen-bond acceptors (Lipinski definition) is 3. The van der Waals surface area contributed by atoms with Crippen LogP contribution in [0.25, 0.3) is 0 Å². The Labute approximate surface area is 161 Å². The number of benzene rings is 2. The Morgan fingerprint density at radius 2 is 1.67 bits per heavy atom. The molecule has 0 saturated carbocycles. The first-order chi connectivity index (χ1) is 12.8. The Morgan fingerprint density at radius 1 is 1.04 bits per heavy atom. The van der Waals surface area contributed by atoms with E-state index in [4.69, 9.17) is 4.74 Å². The quantitative estimate of drug-likeness (QED) is 0.770. The Kier molecular flexibility index (Phi) is 7.41. The fourth-order valence-corrected chi connectivity index (χ4v) is 2.65. The SMILES string of the molecule is CC(=O)N(CCC(=O)NCc1ccc(C)cc1)c1ccc(OC(C)C)cc1. The van der Waals surface area contributed by atoms with E-state index in [1.165, 1.54) is 12.5 Å². The summed E-state index contributed by atoms with van der Waals surface area (Å²) in [5, 5.41) is 2.90. The predicted molar refractivity (Wildman–Crippen MR) is 108 cm³/mol. The van der Waals surface area contributed by atoms with Crippen molar-refractivity contribution in [3.63, 3.8) is 0 Å². The molecule has 2 aromatic carbocycles. The average molecular weight is 368 g/mol. The van der Waals surface area contributed by atoms with Crippen molar-refractivity contribution in [2.45, 2.75) is 46.8 Å². The summed E-state index contributed by atoms with van der Waals surface area (Å²) in [6.07, 6.45) is 0.340. The van der Waals surface area contributed by atoms with Crippen LogP contribution in [0.2, 0.25) is 0 Å². The monoisotopic (exact) mass is 368 g/mol. The Balaban J connectivity index is 1.89. The highest BCUT2D eigenvalue weighted by atomic mass is 16.5. The van der Waals surface area contributed by atoms with Crippen molar-refractivity contribution in [1.82, 2.24) is 5.32 Å². The predicted octanol–water partition coefficient (Wildman–Crippen LogP) is 3.84. The minimum absolute atomic E-state index is 0.0819. The summed E-state index contributed by atoms with van der Waals surface area (Å²) in [5.74, 6) is 0.577. The van der Waals surface area contributed by atoms with E-state index in [9.17, 15) is 9.59 Å². The third-order valence-corrected chi connectivity index (χ3v) is 4.07. The number of nitrogens with zero attached hydrogens (tertiary/aromatic N) is 1. The van der Waals surface area contributed by atoms with Crippen molar-refractivity contribution in [2.24, 2.45) is 0 Å². The molecule has 5 nitrogen and oxygen atoms in total. The molecule has 0 aliphatic rings. The molecule has 0 aromatic heterocycles. The Hall–Kier alpha value is -2.82. The van der Waals surface area contributed by atoms with E-state index in [0.29, 0.717) is 13.1 Å². The van der Waals surface area contributed by atoms with E-state index in [0.717, 1.165) is 17.0 Å². The van der Waals surface area contributed by atoms with E-state index >= 15 is 0 Å². The number of anilines is 1. The third kappa shape index (κ3) is 6.77. The summed E-state index contributed by atoms with van der Waals surface area (Å²) in [4.78, 5) is 25.7. The van der Waals surface area contributed by atoms with Gasteiger partial charge in [0.15, 0.2) is 0 Å². The lowest BCUT2D eigenvalue weighted by molar-refractivity contribution is -0.121. The molecule has 5 heteroatoms. The van der Waals surface area contributed by atoms with Gasteiger partial charge in [0.2, 0.25) is 11.8 Å². The smallest absolute Gasteiger partial charge is 0.223 e. The standard InChI is InChI=1S/C22H28N2O3/c1-16(2)27-21-11-9-20(10-12-21)24(18(4)25)14-13-22(26)23-15-19-7-5-17(3)6-8-19/h5-12,16H,13-15H2,1-4H3,(H,23,26). The van der Waals surface area contributed by atoms with Crippen LogP contribution in [0.3, 0.4) is 0 Å². The Bertz CT molecular complexity index is 752. The molecule has 2 amide bonds. The van der Waals surface area contributed by atoms with Crippen LogP contribution in [0, 0.1) is 6.92 Å². The number of amides is 2. The van der Waals surface area contributed by atoms with Crippen LogP contribution in [-0.4, -0.2) is 24.5 Å². The fourth-order valence-electron chi connectivity index (χ4n) is 2.65. The molecule has 0 unspecified atom stereocenters. The molecule has 144 valence electrons. The number of rotatable bonds is 8. The van der Waals surface area contributed by atoms with Gasteiger partial charge in [-0.15, -0.1) is 0 Å². The highest BCUT2D eigenvalue weighted by Gasteiger charge is 2.13. The van der Waals surface area contributed by atoms with Crippen molar-refractivity contribution < 1.29 is 14.3 Å². The summed E-state index contributed by atoms with van der Waals surface area (Å²) in [6.45, 7) is 8.28. The molecule has 0 atom stereocenters. The summed E-state index contributed by atoms with van der Waals surface area (Å²) in [6, 6.07) is 15.4. The largest absolute Gasteiger partial charge is 0.491 e. The van der Waals surface area contributed by atoms with E-state index in [1.807, 2.05) is 69.3 Å². The van der Waals surface area contributed by atoms with Crippen LogP contribution in [0.1, 0.15) is 38.3 Å². The van der Waals surface area contributed by atoms with E-state index in [2.05, 4.69) is 5.32 Å². The van der Waals surface area contributed by atoms with Crippen LogP contribution in [0.15, 0.2) is 48.5 Å². The minimum Gasteiger partial charge on any atom is -0.491 e. The van der Waals surface area contributed by atoms with Crippen molar-refractivity contribution >= 4 is 17.5 Å². The summed E-state index contributed by atoms with van der Waals surface area (Å²) in [5.41, 5.74) is 3.00. The minimum atomic E-state index is -0.0983. The molecule has 0 heterocycles. The molecule has 2 aromatic rings. The van der Waals surface area contributed by atoms with Gasteiger partial charge in [-0.1, -0.05) is 29.8 Å². The number of carbonyl (C=O) groups is 2. The molecular formula is C22H28N2O3. The summed E-state index contributed by atoms with van der Waals surface area (Å²) >= 11 is 0. The average Bonchev–Trinajstić information content (AvgIpc) is 2.62. The second-order valence-electron chi connectivity index (χ2n) is 6.84. The van der Waals surface area contributed by atoms with Gasteiger partial charge >= 0.3 is 0 Å². The summed E-state index contributed by atoms with van der Waals surface area (Å²) < 4.78 is 5.62. The topological polar surface area (TPSA) is 58.6 Å². The van der Waals surface area contributed by atoms with Crippen molar-refractivity contribution in [1.29, 1.82) is 0 Å². The molecule has 0 spiro atoms. The van der Waals surface area contributed by atoms with Crippen LogP contribution in [0.5, 0.6) is 5.75 Å². The van der Waals surface area contributed by atoms with Gasteiger partial charge in [-0.25, -0.2) is 0 Å². The Morgan fingerprint density at radius 3 is 2.22 bits per heavy atom. The molecule has 27 heavy (non-hydrogen) atoms. The van der Waals surface area contributed by atoms with Gasteiger partial charge in [0.1, 0.15) is 5.75 Å². The third-order valence-electron chi connectivity index (χ3n) is 4.07. The van der Waals surface area contributed by atoms with Gasteiger partial charge in [0, 0.05) is 32.1 Å². The fraction of sp³-hybridized carbons (Fsp3) is 0.364. The van der Waals surface area contributed by atoms with Crippen LogP contribution < -0.4 is 15.0 Å². The van der Waals surface area contributed by atoms with Crippen molar-refractivity contribution in [3.05, 3.63) is 59.7 Å². The molecule has 2 rings (SSSR count). The molecule has 0 aliphatic carbocycles. The molecular weight excluding hydrogens is 340 g/mol. The van der Waals surface area contributed by atoms with Crippen LogP contribution >= 0.6 is 0 Å². The number of carbonyl (C=O) groups excluding carboxylic acids is 2. The highest BCUT2D eigenvalue weighted by Crippen LogP contribution is 2.20. The van der Waals surface area contributed by atoms with Gasteiger partial charge in [-0.2, -0.15) is 0 Å². The first-order valence-electron chi connectivity index (χ1n) is 9.22. The number of ether oxygens (including phenoxy) is 1. The van der Waals surface area contributed by atoms with E-state index in [-0.39, 0.29) is 24.3 Å². The zero-order chi connectivity index (χ0) is 19.8. The van der Waals surface area contributed by atoms with Gasteiger partial charge in [0.25, 0.3) is 0 Å². The van der Waals surface area contributed by atoms with Gasteiger partial charge < -0.3 is 15.0 Å². The highest BCUT2D eigenvalue weighted by molar-refractivity contribution is 5.92. The maximum Gasteiger partial charge on any atom is 0.223 e.